The third-order valence-electron chi connectivity index (χ3n) is 3.99. The van der Waals surface area contributed by atoms with Crippen LogP contribution in [0.4, 0.5) is 0 Å². The van der Waals surface area contributed by atoms with Crippen LogP contribution in [0, 0.1) is 0 Å². The highest BCUT2D eigenvalue weighted by molar-refractivity contribution is 5.98. The van der Waals surface area contributed by atoms with E-state index in [9.17, 15) is 4.79 Å². The van der Waals surface area contributed by atoms with Gasteiger partial charge in [-0.2, -0.15) is 0 Å². The number of amides is 1. The van der Waals surface area contributed by atoms with Crippen molar-refractivity contribution in [1.82, 2.24) is 9.88 Å². The molecule has 3 heterocycles. The number of carbonyl (C=O) groups is 1. The standard InChI is InChI=1S/C15H14N2O3/c18-15(17-11-6-12(17)8-19-7-11)14-13(16-9-20-14)10-4-2-1-3-5-10/h1-5,9,11-12H,6-8H2. The molecule has 0 radical (unpaired) electrons. The number of benzene rings is 1. The zero-order chi connectivity index (χ0) is 13.5. The molecule has 2 atom stereocenters. The molecule has 2 unspecified atom stereocenters. The van der Waals surface area contributed by atoms with Gasteiger partial charge in [-0.25, -0.2) is 4.98 Å². The van der Waals surface area contributed by atoms with Gasteiger partial charge in [-0.3, -0.25) is 4.79 Å². The van der Waals surface area contributed by atoms with Crippen LogP contribution in [0.25, 0.3) is 11.3 Å². The van der Waals surface area contributed by atoms with Crippen molar-refractivity contribution >= 4 is 5.91 Å². The molecule has 1 amide bonds. The molecule has 102 valence electrons. The van der Waals surface area contributed by atoms with Crippen molar-refractivity contribution in [2.45, 2.75) is 18.5 Å². The average molecular weight is 270 g/mol. The number of oxazole rings is 1. The lowest BCUT2D eigenvalue weighted by Gasteiger charge is -2.51. The van der Waals surface area contributed by atoms with Crippen molar-refractivity contribution < 1.29 is 13.9 Å². The first kappa shape index (κ1) is 11.7. The van der Waals surface area contributed by atoms with E-state index in [4.69, 9.17) is 9.15 Å². The number of nitrogens with zero attached hydrogens (tertiary/aromatic N) is 2. The lowest BCUT2D eigenvalue weighted by atomic mass is 9.90. The van der Waals surface area contributed by atoms with Crippen molar-refractivity contribution in [1.29, 1.82) is 0 Å². The lowest BCUT2D eigenvalue weighted by molar-refractivity contribution is -0.105. The Hall–Kier alpha value is -2.14. The summed E-state index contributed by atoms with van der Waals surface area (Å²) in [5.74, 6) is 0.249. The minimum Gasteiger partial charge on any atom is -0.438 e. The largest absolute Gasteiger partial charge is 0.438 e. The van der Waals surface area contributed by atoms with Crippen LogP contribution in [0.1, 0.15) is 17.0 Å². The fourth-order valence-electron chi connectivity index (χ4n) is 2.99. The fraction of sp³-hybridized carbons (Fsp3) is 0.333. The number of rotatable bonds is 2. The van der Waals surface area contributed by atoms with Gasteiger partial charge in [0.25, 0.3) is 5.91 Å². The van der Waals surface area contributed by atoms with Crippen molar-refractivity contribution in [2.75, 3.05) is 13.2 Å². The zero-order valence-corrected chi connectivity index (χ0v) is 10.9. The predicted octanol–water partition coefficient (Wildman–Crippen LogP) is 1.95. The number of aromatic nitrogens is 1. The SMILES string of the molecule is O=C(c1ocnc1-c1ccccc1)N1C2COCC1C2. The molecule has 0 saturated carbocycles. The average Bonchev–Trinajstić information content (AvgIpc) is 2.98. The van der Waals surface area contributed by atoms with E-state index in [1.807, 2.05) is 35.2 Å². The Morgan fingerprint density at radius 1 is 1.20 bits per heavy atom. The summed E-state index contributed by atoms with van der Waals surface area (Å²) in [4.78, 5) is 18.7. The van der Waals surface area contributed by atoms with Crippen LogP contribution in [0.2, 0.25) is 0 Å². The van der Waals surface area contributed by atoms with Crippen molar-refractivity contribution in [3.05, 3.63) is 42.5 Å². The number of fused-ring (bicyclic) bond motifs is 2. The summed E-state index contributed by atoms with van der Waals surface area (Å²) >= 11 is 0. The summed E-state index contributed by atoms with van der Waals surface area (Å²) in [5, 5.41) is 0. The molecule has 4 rings (SSSR count). The van der Waals surface area contributed by atoms with E-state index in [2.05, 4.69) is 4.98 Å². The smallest absolute Gasteiger partial charge is 0.292 e. The van der Waals surface area contributed by atoms with Crippen molar-refractivity contribution in [3.8, 4) is 11.3 Å². The molecule has 1 aromatic carbocycles. The van der Waals surface area contributed by atoms with Gasteiger partial charge in [-0.05, 0) is 6.42 Å². The fourth-order valence-corrected chi connectivity index (χ4v) is 2.99. The molecule has 2 saturated heterocycles. The first-order chi connectivity index (χ1) is 9.84. The number of carbonyl (C=O) groups excluding carboxylic acids is 1. The van der Waals surface area contributed by atoms with Crippen LogP contribution in [-0.2, 0) is 4.74 Å². The first-order valence-corrected chi connectivity index (χ1v) is 6.74. The zero-order valence-electron chi connectivity index (χ0n) is 10.9. The maximum Gasteiger partial charge on any atom is 0.292 e. The highest BCUT2D eigenvalue weighted by Gasteiger charge is 2.46. The topological polar surface area (TPSA) is 55.6 Å². The monoisotopic (exact) mass is 270 g/mol. The Labute approximate surface area is 116 Å². The van der Waals surface area contributed by atoms with Gasteiger partial charge in [0, 0.05) is 5.56 Å². The summed E-state index contributed by atoms with van der Waals surface area (Å²) in [6.07, 6.45) is 2.36. The van der Waals surface area contributed by atoms with Crippen LogP contribution < -0.4 is 0 Å². The summed E-state index contributed by atoms with van der Waals surface area (Å²) in [6.45, 7) is 1.24. The Morgan fingerprint density at radius 2 is 1.95 bits per heavy atom. The third-order valence-corrected chi connectivity index (χ3v) is 3.99. The minimum absolute atomic E-state index is 0.0779. The molecule has 20 heavy (non-hydrogen) atoms. The van der Waals surface area contributed by atoms with Crippen molar-refractivity contribution in [2.24, 2.45) is 0 Å². The lowest BCUT2D eigenvalue weighted by Crippen LogP contribution is -2.65. The molecule has 0 aliphatic carbocycles. The second kappa shape index (κ2) is 4.45. The van der Waals surface area contributed by atoms with Gasteiger partial charge in [0.05, 0.1) is 25.3 Å². The maximum atomic E-state index is 12.6. The van der Waals surface area contributed by atoms with Crippen LogP contribution >= 0.6 is 0 Å². The minimum atomic E-state index is -0.0779. The Kier molecular flexibility index (Phi) is 2.60. The molecule has 2 aromatic rings. The van der Waals surface area contributed by atoms with E-state index in [0.717, 1.165) is 12.0 Å². The number of hydrogen-bond donors (Lipinski definition) is 0. The summed E-state index contributed by atoms with van der Waals surface area (Å²) in [7, 11) is 0. The molecular weight excluding hydrogens is 256 g/mol. The van der Waals surface area contributed by atoms with Gasteiger partial charge < -0.3 is 14.1 Å². The van der Waals surface area contributed by atoms with Crippen LogP contribution in [0.15, 0.2) is 41.1 Å². The van der Waals surface area contributed by atoms with Crippen LogP contribution in [0.5, 0.6) is 0 Å². The van der Waals surface area contributed by atoms with Gasteiger partial charge >= 0.3 is 0 Å². The molecule has 2 aliphatic heterocycles. The van der Waals surface area contributed by atoms with Gasteiger partial charge in [-0.1, -0.05) is 30.3 Å². The first-order valence-electron chi connectivity index (χ1n) is 6.74. The maximum absolute atomic E-state index is 12.6. The normalized spacial score (nSPS) is 24.3. The summed E-state index contributed by atoms with van der Waals surface area (Å²) in [6, 6.07) is 10.0. The third kappa shape index (κ3) is 1.67. The molecule has 1 aromatic heterocycles. The van der Waals surface area contributed by atoms with E-state index in [1.54, 1.807) is 0 Å². The molecule has 0 spiro atoms. The van der Waals surface area contributed by atoms with Gasteiger partial charge in [-0.15, -0.1) is 0 Å². The molecule has 2 aliphatic rings. The van der Waals surface area contributed by atoms with Gasteiger partial charge in [0.1, 0.15) is 5.69 Å². The predicted molar refractivity (Wildman–Crippen MR) is 71.1 cm³/mol. The van der Waals surface area contributed by atoms with Crippen LogP contribution in [0.3, 0.4) is 0 Å². The highest BCUT2D eigenvalue weighted by atomic mass is 16.5. The summed E-state index contributed by atoms with van der Waals surface area (Å²) < 4.78 is 10.8. The van der Waals surface area contributed by atoms with E-state index < -0.39 is 0 Å². The Bertz CT molecular complexity index is 624. The molecule has 2 bridgehead atoms. The number of ether oxygens (including phenoxy) is 1. The van der Waals surface area contributed by atoms with Crippen LogP contribution in [-0.4, -0.2) is 41.1 Å². The molecule has 0 N–H and O–H groups in total. The second-order valence-electron chi connectivity index (χ2n) is 5.19. The number of hydrogen-bond acceptors (Lipinski definition) is 4. The Morgan fingerprint density at radius 3 is 2.65 bits per heavy atom. The van der Waals surface area contributed by atoms with Gasteiger partial charge in [0.15, 0.2) is 6.39 Å². The number of morpholine rings is 1. The van der Waals surface area contributed by atoms with E-state index in [-0.39, 0.29) is 18.0 Å². The van der Waals surface area contributed by atoms with Gasteiger partial charge in [0.2, 0.25) is 5.76 Å². The molecular formula is C15H14N2O3. The van der Waals surface area contributed by atoms with E-state index in [0.29, 0.717) is 24.7 Å². The molecule has 2 fully saturated rings. The molecule has 5 heteroatoms. The molecule has 5 nitrogen and oxygen atoms in total. The second-order valence-corrected chi connectivity index (χ2v) is 5.19. The van der Waals surface area contributed by atoms with E-state index in [1.165, 1.54) is 6.39 Å². The summed E-state index contributed by atoms with van der Waals surface area (Å²) in [5.41, 5.74) is 1.51. The highest BCUT2D eigenvalue weighted by Crippen LogP contribution is 2.34. The van der Waals surface area contributed by atoms with Crippen molar-refractivity contribution in [3.63, 3.8) is 0 Å². The quantitative estimate of drug-likeness (QED) is 0.837. The Balaban J connectivity index is 1.67. The van der Waals surface area contributed by atoms with E-state index >= 15 is 0 Å².